The Hall–Kier alpha value is -1.36. The summed E-state index contributed by atoms with van der Waals surface area (Å²) in [6.07, 6.45) is 1.60. The topological polar surface area (TPSA) is 59.1 Å². The largest absolute Gasteiger partial charge is 0.380 e. The number of ether oxygens (including phenoxy) is 1. The van der Waals surface area contributed by atoms with Gasteiger partial charge in [-0.25, -0.2) is 9.97 Å². The van der Waals surface area contributed by atoms with Crippen LogP contribution in [-0.4, -0.2) is 36.3 Å². The third kappa shape index (κ3) is 4.34. The Morgan fingerprint density at radius 3 is 2.30 bits per heavy atom. The lowest BCUT2D eigenvalue weighted by Gasteiger charge is -2.25. The normalized spacial score (nSPS) is 12.8. The molecule has 0 aliphatic heterocycles. The van der Waals surface area contributed by atoms with Crippen molar-refractivity contribution in [1.82, 2.24) is 9.97 Å². The highest BCUT2D eigenvalue weighted by Crippen LogP contribution is 2.29. The summed E-state index contributed by atoms with van der Waals surface area (Å²) in [5.74, 6) is 2.60. The lowest BCUT2D eigenvalue weighted by atomic mass is 10.0. The van der Waals surface area contributed by atoms with Crippen LogP contribution in [-0.2, 0) is 4.74 Å². The summed E-state index contributed by atoms with van der Waals surface area (Å²) in [5.41, 5.74) is 1.12. The molecule has 1 atom stereocenters. The molecule has 5 heteroatoms. The summed E-state index contributed by atoms with van der Waals surface area (Å²) in [6, 6.07) is 0.243. The van der Waals surface area contributed by atoms with Gasteiger partial charge < -0.3 is 15.4 Å². The molecule has 114 valence electrons. The van der Waals surface area contributed by atoms with E-state index in [1.807, 2.05) is 14.0 Å². The molecule has 5 nitrogen and oxygen atoms in total. The molecule has 1 rings (SSSR count). The van der Waals surface area contributed by atoms with Gasteiger partial charge in [0, 0.05) is 19.2 Å². The van der Waals surface area contributed by atoms with Crippen LogP contribution in [0.4, 0.5) is 11.6 Å². The summed E-state index contributed by atoms with van der Waals surface area (Å²) in [4.78, 5) is 8.72. The van der Waals surface area contributed by atoms with Crippen molar-refractivity contribution in [2.75, 3.05) is 30.9 Å². The minimum atomic E-state index is 0.243. The van der Waals surface area contributed by atoms with Crippen molar-refractivity contribution in [3.8, 4) is 0 Å². The third-order valence-electron chi connectivity index (χ3n) is 3.33. The highest BCUT2D eigenvalue weighted by atomic mass is 16.5. The van der Waals surface area contributed by atoms with Crippen molar-refractivity contribution in [3.63, 3.8) is 0 Å². The van der Waals surface area contributed by atoms with Crippen LogP contribution in [0.3, 0.4) is 0 Å². The maximum Gasteiger partial charge on any atom is 0.135 e. The molecular formula is C15H28N4O. The molecule has 20 heavy (non-hydrogen) atoms. The lowest BCUT2D eigenvalue weighted by molar-refractivity contribution is 0.126. The molecule has 0 saturated heterocycles. The summed E-state index contributed by atoms with van der Waals surface area (Å²) in [7, 11) is 1.89. The minimum absolute atomic E-state index is 0.243. The quantitative estimate of drug-likeness (QED) is 0.766. The van der Waals surface area contributed by atoms with Gasteiger partial charge in [0.2, 0.25) is 0 Å². The molecule has 0 spiro atoms. The van der Waals surface area contributed by atoms with Gasteiger partial charge in [0.1, 0.15) is 18.0 Å². The monoisotopic (exact) mass is 280 g/mol. The highest BCUT2D eigenvalue weighted by Gasteiger charge is 2.19. The van der Waals surface area contributed by atoms with Gasteiger partial charge in [-0.2, -0.15) is 0 Å². The second-order valence-corrected chi connectivity index (χ2v) is 5.54. The predicted octanol–water partition coefficient (Wildman–Crippen LogP) is 3.11. The molecule has 1 aromatic rings. The van der Waals surface area contributed by atoms with E-state index in [2.05, 4.69) is 48.3 Å². The first-order valence-corrected chi connectivity index (χ1v) is 7.38. The molecule has 0 amide bonds. The van der Waals surface area contributed by atoms with Crippen molar-refractivity contribution >= 4 is 11.6 Å². The maximum atomic E-state index is 5.56. The summed E-state index contributed by atoms with van der Waals surface area (Å²) in [6.45, 7) is 12.1. The van der Waals surface area contributed by atoms with E-state index in [1.54, 1.807) is 6.33 Å². The fraction of sp³-hybridized carbons (Fsp3) is 0.733. The van der Waals surface area contributed by atoms with E-state index in [4.69, 9.17) is 4.74 Å². The lowest BCUT2D eigenvalue weighted by Crippen LogP contribution is -2.32. The molecule has 0 aromatic carbocycles. The van der Waals surface area contributed by atoms with Gasteiger partial charge in [0.15, 0.2) is 0 Å². The Morgan fingerprint density at radius 2 is 1.80 bits per heavy atom. The van der Waals surface area contributed by atoms with Crippen LogP contribution in [0.25, 0.3) is 0 Å². The van der Waals surface area contributed by atoms with Crippen molar-refractivity contribution in [2.45, 2.75) is 46.6 Å². The van der Waals surface area contributed by atoms with Gasteiger partial charge in [-0.3, -0.25) is 0 Å². The van der Waals surface area contributed by atoms with Crippen LogP contribution >= 0.6 is 0 Å². The van der Waals surface area contributed by atoms with E-state index in [0.29, 0.717) is 18.4 Å². The fourth-order valence-corrected chi connectivity index (χ4v) is 2.08. The Kier molecular flexibility index (Phi) is 6.71. The number of hydrogen-bond acceptors (Lipinski definition) is 5. The molecule has 0 aliphatic rings. The molecule has 1 unspecified atom stereocenters. The highest BCUT2D eigenvalue weighted by molar-refractivity contribution is 5.59. The van der Waals surface area contributed by atoms with Crippen molar-refractivity contribution in [2.24, 2.45) is 5.92 Å². The second-order valence-electron chi connectivity index (χ2n) is 5.54. The van der Waals surface area contributed by atoms with Gasteiger partial charge in [0.05, 0.1) is 12.6 Å². The maximum absolute atomic E-state index is 5.56. The zero-order valence-corrected chi connectivity index (χ0v) is 13.5. The standard InChI is InChI=1S/C15H28N4O/c1-7-20-8-12(10(2)3)19-15-13(11(4)5)14(16-6)17-9-18-15/h9-12H,7-8H2,1-6H3,(H2,16,17,18,19). The molecule has 0 aliphatic carbocycles. The molecule has 2 N–H and O–H groups in total. The van der Waals surface area contributed by atoms with Crippen LogP contribution in [0.2, 0.25) is 0 Å². The zero-order chi connectivity index (χ0) is 15.1. The number of nitrogens with one attached hydrogen (secondary N) is 2. The van der Waals surface area contributed by atoms with Gasteiger partial charge >= 0.3 is 0 Å². The third-order valence-corrected chi connectivity index (χ3v) is 3.33. The van der Waals surface area contributed by atoms with Crippen LogP contribution in [0.5, 0.6) is 0 Å². The average Bonchev–Trinajstić information content (AvgIpc) is 2.42. The average molecular weight is 280 g/mol. The van der Waals surface area contributed by atoms with Gasteiger partial charge in [-0.1, -0.05) is 27.7 Å². The summed E-state index contributed by atoms with van der Waals surface area (Å²) in [5, 5.41) is 6.66. The van der Waals surface area contributed by atoms with Crippen molar-refractivity contribution in [1.29, 1.82) is 0 Å². The molecule has 0 fully saturated rings. The summed E-state index contributed by atoms with van der Waals surface area (Å²) < 4.78 is 5.56. The predicted molar refractivity (Wildman–Crippen MR) is 84.4 cm³/mol. The molecule has 0 radical (unpaired) electrons. The van der Waals surface area contributed by atoms with Crippen LogP contribution in [0.15, 0.2) is 6.33 Å². The first-order valence-electron chi connectivity index (χ1n) is 7.38. The van der Waals surface area contributed by atoms with E-state index < -0.39 is 0 Å². The van der Waals surface area contributed by atoms with Crippen LogP contribution < -0.4 is 10.6 Å². The van der Waals surface area contributed by atoms with Gasteiger partial charge in [-0.05, 0) is 18.8 Å². The first kappa shape index (κ1) is 16.7. The number of aromatic nitrogens is 2. The van der Waals surface area contributed by atoms with Crippen molar-refractivity contribution < 1.29 is 4.74 Å². The number of anilines is 2. The molecule has 0 saturated carbocycles. The first-order chi connectivity index (χ1) is 9.51. The van der Waals surface area contributed by atoms with E-state index in [-0.39, 0.29) is 6.04 Å². The SMILES string of the molecule is CCOCC(Nc1ncnc(NC)c1C(C)C)C(C)C. The molecule has 1 heterocycles. The Labute approximate surface area is 122 Å². The van der Waals surface area contributed by atoms with E-state index in [9.17, 15) is 0 Å². The minimum Gasteiger partial charge on any atom is -0.380 e. The molecule has 1 aromatic heterocycles. The Bertz CT molecular complexity index is 407. The van der Waals surface area contributed by atoms with Crippen LogP contribution in [0.1, 0.15) is 46.1 Å². The fourth-order valence-electron chi connectivity index (χ4n) is 2.08. The number of hydrogen-bond donors (Lipinski definition) is 2. The molecule has 0 bridgehead atoms. The summed E-state index contributed by atoms with van der Waals surface area (Å²) >= 11 is 0. The Morgan fingerprint density at radius 1 is 1.15 bits per heavy atom. The smallest absolute Gasteiger partial charge is 0.135 e. The van der Waals surface area contributed by atoms with Gasteiger partial charge in [-0.15, -0.1) is 0 Å². The van der Waals surface area contributed by atoms with E-state index >= 15 is 0 Å². The van der Waals surface area contributed by atoms with E-state index in [0.717, 1.165) is 23.8 Å². The number of rotatable bonds is 8. The van der Waals surface area contributed by atoms with Crippen molar-refractivity contribution in [3.05, 3.63) is 11.9 Å². The van der Waals surface area contributed by atoms with Gasteiger partial charge in [0.25, 0.3) is 0 Å². The zero-order valence-electron chi connectivity index (χ0n) is 13.5. The number of nitrogens with zero attached hydrogens (tertiary/aromatic N) is 2. The van der Waals surface area contributed by atoms with Crippen LogP contribution in [0, 0.1) is 5.92 Å². The Balaban J connectivity index is 2.99. The molecular weight excluding hydrogens is 252 g/mol. The second kappa shape index (κ2) is 8.04. The van der Waals surface area contributed by atoms with E-state index in [1.165, 1.54) is 0 Å².